The Morgan fingerprint density at radius 2 is 1.85 bits per heavy atom. The lowest BCUT2D eigenvalue weighted by Gasteiger charge is -2.07. The number of anilines is 1. The average Bonchev–Trinajstić information content (AvgIpc) is 3.10. The second-order valence-electron chi connectivity index (χ2n) is 5.77. The van der Waals surface area contributed by atoms with E-state index in [9.17, 15) is 14.4 Å². The summed E-state index contributed by atoms with van der Waals surface area (Å²) in [5.74, 6) is -1.14. The molecule has 0 spiro atoms. The first-order valence-electron chi connectivity index (χ1n) is 8.09. The van der Waals surface area contributed by atoms with Crippen LogP contribution in [0.15, 0.2) is 30.3 Å². The van der Waals surface area contributed by atoms with Crippen molar-refractivity contribution < 1.29 is 19.1 Å². The lowest BCUT2D eigenvalue weighted by atomic mass is 10.1. The van der Waals surface area contributed by atoms with Gasteiger partial charge in [-0.2, -0.15) is 0 Å². The van der Waals surface area contributed by atoms with Gasteiger partial charge < -0.3 is 10.5 Å². The van der Waals surface area contributed by atoms with Crippen molar-refractivity contribution in [3.8, 4) is 0 Å². The molecule has 26 heavy (non-hydrogen) atoms. The minimum absolute atomic E-state index is 0.128. The number of nitrogens with two attached hydrogens (primary N) is 1. The molecule has 3 rings (SSSR count). The summed E-state index contributed by atoms with van der Waals surface area (Å²) in [6.45, 7) is 5.07. The van der Waals surface area contributed by atoms with E-state index in [1.165, 1.54) is 11.5 Å². The van der Waals surface area contributed by atoms with Crippen molar-refractivity contribution >= 4 is 44.9 Å². The predicted molar refractivity (Wildman–Crippen MR) is 101 cm³/mol. The maximum absolute atomic E-state index is 13.0. The number of carbonyl (C=O) groups is 3. The number of hydrogen-bond donors (Lipinski definition) is 1. The quantitative estimate of drug-likeness (QED) is 0.559. The third kappa shape index (κ3) is 2.70. The van der Waals surface area contributed by atoms with E-state index < -0.39 is 5.97 Å². The number of esters is 1. The van der Waals surface area contributed by atoms with Crippen molar-refractivity contribution in [1.29, 1.82) is 0 Å². The molecule has 0 fully saturated rings. The Bertz CT molecular complexity index is 1030. The van der Waals surface area contributed by atoms with E-state index in [0.29, 0.717) is 26.2 Å². The number of benzene rings is 1. The molecule has 2 N–H and O–H groups in total. The van der Waals surface area contributed by atoms with E-state index in [1.807, 2.05) is 0 Å². The van der Waals surface area contributed by atoms with Crippen LogP contribution in [0.1, 0.15) is 49.9 Å². The molecule has 0 unspecified atom stereocenters. The molecule has 0 radical (unpaired) electrons. The van der Waals surface area contributed by atoms with Crippen LogP contribution in [-0.2, 0) is 4.74 Å². The highest BCUT2D eigenvalue weighted by Gasteiger charge is 2.29. The summed E-state index contributed by atoms with van der Waals surface area (Å²) in [4.78, 5) is 38.3. The molecule has 0 aliphatic carbocycles. The highest BCUT2D eigenvalue weighted by molar-refractivity contribution is 7.21. The summed E-state index contributed by atoms with van der Waals surface area (Å²) in [6, 6.07) is 8.64. The van der Waals surface area contributed by atoms with Crippen LogP contribution in [0.3, 0.4) is 0 Å². The Balaban J connectivity index is 2.27. The fourth-order valence-electron chi connectivity index (χ4n) is 2.96. The van der Waals surface area contributed by atoms with Gasteiger partial charge in [0.15, 0.2) is 0 Å². The molecule has 2 heterocycles. The molecule has 0 saturated heterocycles. The van der Waals surface area contributed by atoms with Crippen molar-refractivity contribution in [1.82, 2.24) is 4.57 Å². The Morgan fingerprint density at radius 1 is 1.19 bits per heavy atom. The van der Waals surface area contributed by atoms with Crippen LogP contribution in [0.25, 0.3) is 10.2 Å². The second-order valence-corrected chi connectivity index (χ2v) is 6.77. The van der Waals surface area contributed by atoms with E-state index in [4.69, 9.17) is 10.5 Å². The lowest BCUT2D eigenvalue weighted by molar-refractivity contribution is 0.0531. The topological polar surface area (TPSA) is 91.4 Å². The molecule has 1 aromatic carbocycles. The van der Waals surface area contributed by atoms with E-state index >= 15 is 0 Å². The van der Waals surface area contributed by atoms with Gasteiger partial charge in [-0.15, -0.1) is 11.3 Å². The van der Waals surface area contributed by atoms with Crippen LogP contribution in [0, 0.1) is 6.92 Å². The standard InChI is InChI=1S/C19H18N2O4S/c1-4-25-19(24)17-10(2)13-14(20)15(21(11(3)22)18(13)26-17)16(23)12-8-6-5-7-9-12/h5-9H,4,20H2,1-3H3. The monoisotopic (exact) mass is 370 g/mol. The van der Waals surface area contributed by atoms with Gasteiger partial charge in [0.2, 0.25) is 11.7 Å². The van der Waals surface area contributed by atoms with Gasteiger partial charge in [-0.25, -0.2) is 4.79 Å². The Morgan fingerprint density at radius 3 is 2.42 bits per heavy atom. The van der Waals surface area contributed by atoms with Crippen LogP contribution in [-0.4, -0.2) is 28.8 Å². The number of aromatic nitrogens is 1. The summed E-state index contributed by atoms with van der Waals surface area (Å²) in [7, 11) is 0. The smallest absolute Gasteiger partial charge is 0.348 e. The van der Waals surface area contributed by atoms with Gasteiger partial charge >= 0.3 is 5.97 Å². The molecular weight excluding hydrogens is 352 g/mol. The molecule has 0 amide bonds. The zero-order chi connectivity index (χ0) is 19.0. The van der Waals surface area contributed by atoms with E-state index in [2.05, 4.69) is 0 Å². The van der Waals surface area contributed by atoms with Crippen molar-refractivity contribution in [2.45, 2.75) is 20.8 Å². The average molecular weight is 370 g/mol. The SMILES string of the molecule is CCOC(=O)c1sc2c(c1C)c(N)c(C(=O)c1ccccc1)n2C(C)=O. The predicted octanol–water partition coefficient (Wildman–Crippen LogP) is 3.66. The Labute approximate surface area is 154 Å². The van der Waals surface area contributed by atoms with Crippen LogP contribution in [0.2, 0.25) is 0 Å². The highest BCUT2D eigenvalue weighted by atomic mass is 32.1. The minimum Gasteiger partial charge on any atom is -0.462 e. The summed E-state index contributed by atoms with van der Waals surface area (Å²) in [5.41, 5.74) is 7.65. The molecule has 6 nitrogen and oxygen atoms in total. The fraction of sp³-hybridized carbons (Fsp3) is 0.211. The number of hydrogen-bond acceptors (Lipinski definition) is 6. The first kappa shape index (κ1) is 17.9. The molecule has 2 aromatic heterocycles. The van der Waals surface area contributed by atoms with Gasteiger partial charge in [0.25, 0.3) is 0 Å². The maximum Gasteiger partial charge on any atom is 0.348 e. The van der Waals surface area contributed by atoms with E-state index in [-0.39, 0.29) is 29.7 Å². The summed E-state index contributed by atoms with van der Waals surface area (Å²) in [6.07, 6.45) is 0. The first-order valence-corrected chi connectivity index (χ1v) is 8.91. The Hall–Kier alpha value is -2.93. The van der Waals surface area contributed by atoms with E-state index in [0.717, 1.165) is 11.3 Å². The van der Waals surface area contributed by atoms with Crippen molar-refractivity contribution in [3.05, 3.63) is 52.0 Å². The zero-order valence-corrected chi connectivity index (χ0v) is 15.5. The number of nitrogen functional groups attached to an aromatic ring is 1. The van der Waals surface area contributed by atoms with Gasteiger partial charge in [0, 0.05) is 17.9 Å². The molecule has 134 valence electrons. The minimum atomic E-state index is -0.461. The molecule has 0 aliphatic rings. The fourth-order valence-corrected chi connectivity index (χ4v) is 4.22. The van der Waals surface area contributed by atoms with Crippen LogP contribution in [0.4, 0.5) is 5.69 Å². The molecular formula is C19H18N2O4S. The summed E-state index contributed by atoms with van der Waals surface area (Å²) >= 11 is 1.11. The van der Waals surface area contributed by atoms with Crippen LogP contribution >= 0.6 is 11.3 Å². The maximum atomic E-state index is 13.0. The number of ketones is 1. The molecule has 3 aromatic rings. The number of nitrogens with zero attached hydrogens (tertiary/aromatic N) is 1. The number of thiophene rings is 1. The van der Waals surface area contributed by atoms with Gasteiger partial charge in [-0.1, -0.05) is 30.3 Å². The van der Waals surface area contributed by atoms with Crippen molar-refractivity contribution in [2.24, 2.45) is 0 Å². The van der Waals surface area contributed by atoms with Gasteiger partial charge in [0.05, 0.1) is 12.3 Å². The first-order chi connectivity index (χ1) is 12.4. The van der Waals surface area contributed by atoms with Gasteiger partial charge in [-0.3, -0.25) is 14.2 Å². The molecule has 7 heteroatoms. The largest absolute Gasteiger partial charge is 0.462 e. The number of ether oxygens (including phenoxy) is 1. The highest BCUT2D eigenvalue weighted by Crippen LogP contribution is 2.40. The third-order valence-electron chi connectivity index (χ3n) is 4.11. The third-order valence-corrected chi connectivity index (χ3v) is 5.36. The van der Waals surface area contributed by atoms with Crippen molar-refractivity contribution in [2.75, 3.05) is 12.3 Å². The summed E-state index contributed by atoms with van der Waals surface area (Å²) < 4.78 is 6.36. The zero-order valence-electron chi connectivity index (χ0n) is 14.7. The Kier molecular flexibility index (Phi) is 4.65. The number of carbonyl (C=O) groups excluding carboxylic acids is 3. The van der Waals surface area contributed by atoms with Gasteiger partial charge in [-0.05, 0) is 19.4 Å². The second kappa shape index (κ2) is 6.76. The van der Waals surface area contributed by atoms with Crippen molar-refractivity contribution in [3.63, 3.8) is 0 Å². The molecule has 0 bridgehead atoms. The molecule has 0 atom stereocenters. The number of rotatable bonds is 4. The van der Waals surface area contributed by atoms with E-state index in [1.54, 1.807) is 44.2 Å². The number of fused-ring (bicyclic) bond motifs is 1. The summed E-state index contributed by atoms with van der Waals surface area (Å²) in [5, 5.41) is 0.549. The number of aryl methyl sites for hydroxylation is 1. The molecule has 0 aliphatic heterocycles. The lowest BCUT2D eigenvalue weighted by Crippen LogP contribution is -2.16. The van der Waals surface area contributed by atoms with Crippen LogP contribution < -0.4 is 5.73 Å². The normalized spacial score (nSPS) is 10.9. The van der Waals surface area contributed by atoms with Gasteiger partial charge in [0.1, 0.15) is 15.4 Å². The molecule has 0 saturated carbocycles. The van der Waals surface area contributed by atoms with Crippen LogP contribution in [0.5, 0.6) is 0 Å².